The number of aliphatic imine (C=N–C) groups is 1. The van der Waals surface area contributed by atoms with E-state index in [0.717, 1.165) is 6.20 Å². The number of hydrogen-bond acceptors (Lipinski definition) is 8. The molecule has 0 aromatic carbocycles. The number of nitrogens with two attached hydrogens (primary N) is 2. The van der Waals surface area contributed by atoms with E-state index in [9.17, 15) is 14.0 Å². The van der Waals surface area contributed by atoms with Crippen LogP contribution in [0.3, 0.4) is 0 Å². The number of carbonyl (C=O) groups is 2. The number of nitrogens with one attached hydrogen (secondary N) is 2. The van der Waals surface area contributed by atoms with Gasteiger partial charge in [0.15, 0.2) is 5.82 Å². The Bertz CT molecular complexity index is 1070. The van der Waals surface area contributed by atoms with Crippen LogP contribution in [0.1, 0.15) is 47.5 Å². The Balaban J connectivity index is 2.25. The van der Waals surface area contributed by atoms with Crippen molar-refractivity contribution in [2.75, 3.05) is 23.3 Å². The van der Waals surface area contributed by atoms with Crippen LogP contribution in [0.2, 0.25) is 0 Å². The maximum absolute atomic E-state index is 14.9. The molecule has 35 heavy (non-hydrogen) atoms. The van der Waals surface area contributed by atoms with E-state index in [4.69, 9.17) is 21.6 Å². The summed E-state index contributed by atoms with van der Waals surface area (Å²) in [5, 5.41) is 10.4. The average molecular weight is 488 g/mol. The minimum Gasteiger partial charge on any atom is -0.460 e. The molecule has 0 radical (unpaired) electrons. The third kappa shape index (κ3) is 7.62. The molecule has 1 fully saturated rings. The Morgan fingerprint density at radius 1 is 1.29 bits per heavy atom. The summed E-state index contributed by atoms with van der Waals surface area (Å²) in [5.74, 6) is -2.39. The van der Waals surface area contributed by atoms with Gasteiger partial charge in [-0.3, -0.25) is 25.0 Å². The van der Waals surface area contributed by atoms with Gasteiger partial charge in [-0.15, -0.1) is 0 Å². The number of piperidine rings is 1. The lowest BCUT2D eigenvalue weighted by molar-refractivity contribution is -0.160. The number of amides is 1. The van der Waals surface area contributed by atoms with Crippen molar-refractivity contribution < 1.29 is 18.7 Å². The van der Waals surface area contributed by atoms with Gasteiger partial charge in [0.25, 0.3) is 5.91 Å². The molecule has 1 saturated heterocycles. The Morgan fingerprint density at radius 3 is 2.46 bits per heavy atom. The van der Waals surface area contributed by atoms with E-state index in [1.54, 1.807) is 11.8 Å². The summed E-state index contributed by atoms with van der Waals surface area (Å²) in [7, 11) is 0. The van der Waals surface area contributed by atoms with Crippen molar-refractivity contribution in [2.45, 2.75) is 53.1 Å². The van der Waals surface area contributed by atoms with Crippen LogP contribution in [0.15, 0.2) is 40.4 Å². The summed E-state index contributed by atoms with van der Waals surface area (Å²) in [5.41, 5.74) is 11.4. The molecule has 190 valence electrons. The van der Waals surface area contributed by atoms with Crippen LogP contribution in [-0.4, -0.2) is 47.6 Å². The molecular formula is C24H34FN7O3. The van der Waals surface area contributed by atoms with Crippen LogP contribution in [0.4, 0.5) is 15.8 Å². The molecule has 2 rings (SSSR count). The van der Waals surface area contributed by atoms with Crippen molar-refractivity contribution in [3.05, 3.63) is 41.3 Å². The second-order valence-corrected chi connectivity index (χ2v) is 9.31. The number of carbonyl (C=O) groups excluding carboxylic acids is 2. The van der Waals surface area contributed by atoms with E-state index < -0.39 is 23.2 Å². The van der Waals surface area contributed by atoms with E-state index in [-0.39, 0.29) is 34.5 Å². The number of rotatable bonds is 7. The number of pyridine rings is 1. The van der Waals surface area contributed by atoms with Gasteiger partial charge in [0.1, 0.15) is 22.7 Å². The number of hydrogen-bond donors (Lipinski definition) is 4. The Kier molecular flexibility index (Phi) is 9.10. The van der Waals surface area contributed by atoms with Crippen LogP contribution in [0, 0.1) is 17.1 Å². The minimum absolute atomic E-state index is 0.124. The topological polar surface area (TPSA) is 160 Å². The monoisotopic (exact) mass is 487 g/mol. The molecule has 10 nitrogen and oxygen atoms in total. The standard InChI is InChI=1S/C24H34FN7O3/c1-14(10-26)11-30-15(2)19(21(27)28)22(33)31-18-13-29-12-17(25)20(18)32-8-6-16(7-9-32)23(34)35-24(3,4)5/h10-13,16H,6-9,26H2,1-5H3,(H3,27,28)(H,31,33)/b14-10-,19-15-,30-11-. The number of halogens is 1. The lowest BCUT2D eigenvalue weighted by Crippen LogP contribution is -2.39. The van der Waals surface area contributed by atoms with Crippen LogP contribution < -0.4 is 21.7 Å². The van der Waals surface area contributed by atoms with E-state index in [1.807, 2.05) is 20.8 Å². The molecule has 0 spiro atoms. The summed E-state index contributed by atoms with van der Waals surface area (Å²) < 4.78 is 20.3. The Hall–Kier alpha value is -3.76. The highest BCUT2D eigenvalue weighted by atomic mass is 19.1. The number of nitrogens with zero attached hydrogens (tertiary/aromatic N) is 3. The first-order valence-corrected chi connectivity index (χ1v) is 11.2. The van der Waals surface area contributed by atoms with Crippen LogP contribution >= 0.6 is 0 Å². The van der Waals surface area contributed by atoms with Gasteiger partial charge in [-0.1, -0.05) is 0 Å². The third-order valence-corrected chi connectivity index (χ3v) is 5.26. The first kappa shape index (κ1) is 27.5. The highest BCUT2D eigenvalue weighted by molar-refractivity contribution is 6.24. The molecule has 1 amide bonds. The van der Waals surface area contributed by atoms with Crippen LogP contribution in [0.5, 0.6) is 0 Å². The Labute approximate surface area is 204 Å². The van der Waals surface area contributed by atoms with Gasteiger partial charge in [-0.25, -0.2) is 4.39 Å². The van der Waals surface area contributed by atoms with Gasteiger partial charge in [0.05, 0.1) is 29.7 Å². The van der Waals surface area contributed by atoms with E-state index >= 15 is 0 Å². The fraction of sp³-hybridized carbons (Fsp3) is 0.458. The second-order valence-electron chi connectivity index (χ2n) is 9.31. The van der Waals surface area contributed by atoms with Gasteiger partial charge < -0.3 is 26.4 Å². The molecule has 0 atom stereocenters. The fourth-order valence-corrected chi connectivity index (χ4v) is 3.54. The van der Waals surface area contributed by atoms with Crippen LogP contribution in [-0.2, 0) is 14.3 Å². The summed E-state index contributed by atoms with van der Waals surface area (Å²) in [6, 6.07) is 0. The third-order valence-electron chi connectivity index (χ3n) is 5.26. The summed E-state index contributed by atoms with van der Waals surface area (Å²) in [4.78, 5) is 35.2. The van der Waals surface area contributed by atoms with Crippen LogP contribution in [0.25, 0.3) is 0 Å². The van der Waals surface area contributed by atoms with E-state index in [1.165, 1.54) is 25.5 Å². The Morgan fingerprint density at radius 2 is 1.91 bits per heavy atom. The fourth-order valence-electron chi connectivity index (χ4n) is 3.54. The molecule has 11 heteroatoms. The van der Waals surface area contributed by atoms with Gasteiger partial charge in [0, 0.05) is 19.3 Å². The maximum atomic E-state index is 14.9. The lowest BCUT2D eigenvalue weighted by atomic mass is 9.96. The normalized spacial score (nSPS) is 16.2. The SMILES string of the molecule is CC(/C=N\C(C)=C(\C(=N)N)C(=O)Nc1cncc(F)c1N1CCC(C(=O)OC(C)(C)C)CC1)=C/N. The van der Waals surface area contributed by atoms with Crippen molar-refractivity contribution in [1.29, 1.82) is 5.41 Å². The van der Waals surface area contributed by atoms with Crippen molar-refractivity contribution in [1.82, 2.24) is 4.98 Å². The van der Waals surface area contributed by atoms with Gasteiger partial charge in [-0.05, 0) is 59.2 Å². The zero-order chi connectivity index (χ0) is 26.3. The average Bonchev–Trinajstić information content (AvgIpc) is 2.76. The van der Waals surface area contributed by atoms with Gasteiger partial charge in [-0.2, -0.15) is 0 Å². The molecule has 1 aliphatic rings. The highest BCUT2D eigenvalue weighted by Crippen LogP contribution is 2.33. The van der Waals surface area contributed by atoms with E-state index in [2.05, 4.69) is 15.3 Å². The van der Waals surface area contributed by atoms with Crippen molar-refractivity contribution >= 4 is 35.3 Å². The highest BCUT2D eigenvalue weighted by Gasteiger charge is 2.31. The first-order chi connectivity index (χ1) is 16.3. The summed E-state index contributed by atoms with van der Waals surface area (Å²) >= 11 is 0. The lowest BCUT2D eigenvalue weighted by Gasteiger charge is -2.34. The first-order valence-electron chi connectivity index (χ1n) is 11.2. The smallest absolute Gasteiger partial charge is 0.309 e. The molecule has 1 aliphatic heterocycles. The predicted octanol–water partition coefficient (Wildman–Crippen LogP) is 2.86. The zero-order valence-electron chi connectivity index (χ0n) is 20.8. The van der Waals surface area contributed by atoms with Gasteiger partial charge >= 0.3 is 5.97 Å². The quantitative estimate of drug-likeness (QED) is 0.199. The molecule has 0 bridgehead atoms. The molecule has 2 heterocycles. The van der Waals surface area contributed by atoms with Crippen molar-refractivity contribution in [3.63, 3.8) is 0 Å². The van der Waals surface area contributed by atoms with Crippen molar-refractivity contribution in [3.8, 4) is 0 Å². The number of esters is 1. The van der Waals surface area contributed by atoms with E-state index in [0.29, 0.717) is 31.5 Å². The summed E-state index contributed by atoms with van der Waals surface area (Å²) in [6.45, 7) is 9.47. The molecule has 0 saturated carbocycles. The minimum atomic E-state index is -0.723. The number of aromatic nitrogens is 1. The number of ether oxygens (including phenoxy) is 1. The molecule has 0 unspecified atom stereocenters. The molecule has 6 N–H and O–H groups in total. The summed E-state index contributed by atoms with van der Waals surface area (Å²) in [6.07, 6.45) is 6.13. The predicted molar refractivity (Wildman–Crippen MR) is 135 cm³/mol. The maximum Gasteiger partial charge on any atom is 0.309 e. The zero-order valence-corrected chi connectivity index (χ0v) is 20.8. The molecule has 1 aromatic rings. The number of amidine groups is 1. The van der Waals surface area contributed by atoms with Gasteiger partial charge in [0.2, 0.25) is 0 Å². The second kappa shape index (κ2) is 11.6. The number of anilines is 2. The number of allylic oxidation sites excluding steroid dienone is 2. The largest absolute Gasteiger partial charge is 0.460 e. The molecule has 1 aromatic heterocycles. The molecule has 0 aliphatic carbocycles. The molecular weight excluding hydrogens is 453 g/mol. The van der Waals surface area contributed by atoms with Crippen molar-refractivity contribution in [2.24, 2.45) is 22.4 Å².